The van der Waals surface area contributed by atoms with E-state index in [-0.39, 0.29) is 17.4 Å². The lowest BCUT2D eigenvalue weighted by Gasteiger charge is -2.18. The van der Waals surface area contributed by atoms with Crippen LogP contribution in [-0.4, -0.2) is 103 Å². The quantitative estimate of drug-likeness (QED) is 0.0255. The normalized spacial score (nSPS) is 11.6. The zero-order chi connectivity index (χ0) is 48.3. The summed E-state index contributed by atoms with van der Waals surface area (Å²) < 4.78 is 22.4. The molecule has 360 valence electrons. The van der Waals surface area contributed by atoms with Crippen LogP contribution >= 0.6 is 39.9 Å². The fraction of sp³-hybridized carbons (Fsp3) is 0.431. The molecule has 0 saturated carbocycles. The van der Waals surface area contributed by atoms with E-state index < -0.39 is 0 Å². The molecule has 5 aromatic rings. The minimum atomic E-state index is -0.125. The highest BCUT2D eigenvalue weighted by molar-refractivity contribution is 9.09. The molecule has 3 heterocycles. The zero-order valence-corrected chi connectivity index (χ0v) is 43.4. The Bertz CT molecular complexity index is 2170. The number of halogens is 1. The van der Waals surface area contributed by atoms with Crippen LogP contribution in [-0.2, 0) is 12.8 Å². The van der Waals surface area contributed by atoms with E-state index in [1.54, 1.807) is 6.07 Å². The van der Waals surface area contributed by atoms with Gasteiger partial charge in [-0.1, -0.05) is 82.7 Å². The minimum absolute atomic E-state index is 0.120. The number of thiol groups is 1. The van der Waals surface area contributed by atoms with Crippen LogP contribution in [0.3, 0.4) is 0 Å². The average molecular weight is 1010 g/mol. The van der Waals surface area contributed by atoms with Crippen molar-refractivity contribution in [2.24, 2.45) is 0 Å². The summed E-state index contributed by atoms with van der Waals surface area (Å²) in [5, 5.41) is 7.31. The lowest BCUT2D eigenvalue weighted by Crippen LogP contribution is -2.27. The number of nitrogens with two attached hydrogens (primary N) is 1. The van der Waals surface area contributed by atoms with Gasteiger partial charge in [-0.25, -0.2) is 4.98 Å². The summed E-state index contributed by atoms with van der Waals surface area (Å²) in [5.74, 6) is 4.37. The molecule has 4 N–H and O–H groups in total. The molecule has 1 aromatic heterocycles. The molecule has 15 heteroatoms. The number of ether oxygens (including phenoxy) is 4. The maximum absolute atomic E-state index is 13.0. The number of nitrogens with zero attached hydrogens (tertiary/aromatic N) is 3. The van der Waals surface area contributed by atoms with Gasteiger partial charge < -0.3 is 45.1 Å². The summed E-state index contributed by atoms with van der Waals surface area (Å²) in [6, 6.07) is 26.8. The second kappa shape index (κ2) is 31.2. The lowest BCUT2D eigenvalue weighted by atomic mass is 10.0. The Balaban J connectivity index is 0.000000284. The number of benzene rings is 4. The van der Waals surface area contributed by atoms with Crippen LogP contribution < -0.4 is 35.3 Å². The number of nitrogen functional groups attached to an aromatic ring is 1. The van der Waals surface area contributed by atoms with Crippen molar-refractivity contribution in [1.82, 2.24) is 14.8 Å². The highest BCUT2D eigenvalue weighted by atomic mass is 79.9. The van der Waals surface area contributed by atoms with Gasteiger partial charge in [0.2, 0.25) is 5.78 Å². The summed E-state index contributed by atoms with van der Waals surface area (Å²) >= 11 is 8.51. The number of anilines is 4. The second-order valence-corrected chi connectivity index (χ2v) is 16.1. The van der Waals surface area contributed by atoms with Gasteiger partial charge in [-0.3, -0.25) is 9.59 Å². The van der Waals surface area contributed by atoms with Crippen LogP contribution in [0.15, 0.2) is 84.9 Å². The van der Waals surface area contributed by atoms with Crippen molar-refractivity contribution >= 4 is 73.8 Å². The van der Waals surface area contributed by atoms with Crippen molar-refractivity contribution < 1.29 is 28.5 Å². The molecule has 0 saturated heterocycles. The predicted octanol–water partition coefficient (Wildman–Crippen LogP) is 11.3. The van der Waals surface area contributed by atoms with Gasteiger partial charge in [0.15, 0.2) is 10.9 Å². The number of thiazole rings is 1. The smallest absolute Gasteiger partial charge is 0.206 e. The first-order valence-corrected chi connectivity index (χ1v) is 25.7. The highest BCUT2D eigenvalue weighted by Gasteiger charge is 2.21. The number of hydrogen-bond acceptors (Lipinski definition) is 14. The summed E-state index contributed by atoms with van der Waals surface area (Å²) in [4.78, 5) is 33.7. The van der Waals surface area contributed by atoms with Crippen molar-refractivity contribution in [3.63, 3.8) is 0 Å². The first-order chi connectivity index (χ1) is 32.2. The molecule has 0 aliphatic carbocycles. The molecule has 66 heavy (non-hydrogen) atoms. The third-order valence-electron chi connectivity index (χ3n) is 10.3. The molecule has 0 radical (unpaired) electrons. The van der Waals surface area contributed by atoms with Gasteiger partial charge in [0, 0.05) is 48.4 Å². The molecule has 0 atom stereocenters. The van der Waals surface area contributed by atoms with Crippen molar-refractivity contribution in [3.05, 3.63) is 112 Å². The third-order valence-corrected chi connectivity index (χ3v) is 12.0. The Kier molecular flexibility index (Phi) is 26.3. The molecule has 0 unspecified atom stereocenters. The van der Waals surface area contributed by atoms with Gasteiger partial charge in [0.1, 0.15) is 46.9 Å². The van der Waals surface area contributed by atoms with E-state index in [1.807, 2.05) is 107 Å². The van der Waals surface area contributed by atoms with Crippen molar-refractivity contribution in [1.29, 1.82) is 0 Å². The van der Waals surface area contributed by atoms with E-state index in [2.05, 4.69) is 81.7 Å². The topological polar surface area (TPSA) is 141 Å². The Morgan fingerprint density at radius 2 is 1.20 bits per heavy atom. The Morgan fingerprint density at radius 3 is 1.67 bits per heavy atom. The molecular formula is C51H71BrN6O6S2. The van der Waals surface area contributed by atoms with Gasteiger partial charge in [0.05, 0.1) is 24.4 Å². The maximum atomic E-state index is 13.0. The number of Topliss-reactive ketones (excluding diaryl/α,β-unsaturated/α-hetero) is 1. The number of rotatable bonds is 20. The molecule has 2 aliphatic heterocycles. The lowest BCUT2D eigenvalue weighted by molar-refractivity contribution is 0.102. The maximum Gasteiger partial charge on any atom is 0.206 e. The van der Waals surface area contributed by atoms with E-state index in [1.165, 1.54) is 11.3 Å². The van der Waals surface area contributed by atoms with Crippen molar-refractivity contribution in [3.8, 4) is 23.0 Å². The molecule has 4 aromatic carbocycles. The Morgan fingerprint density at radius 1 is 0.727 bits per heavy atom. The molecule has 2 aliphatic rings. The van der Waals surface area contributed by atoms with E-state index in [9.17, 15) is 9.59 Å². The van der Waals surface area contributed by atoms with E-state index >= 15 is 0 Å². The molecule has 7 rings (SSSR count). The summed E-state index contributed by atoms with van der Waals surface area (Å²) in [7, 11) is 0. The summed E-state index contributed by atoms with van der Waals surface area (Å²) in [6.45, 7) is 25.5. The van der Waals surface area contributed by atoms with Gasteiger partial charge in [-0.05, 0) is 122 Å². The van der Waals surface area contributed by atoms with Gasteiger partial charge in [0.25, 0.3) is 0 Å². The minimum Gasteiger partial charge on any atom is -0.493 e. The number of carbonyl (C=O) groups excluding carboxylic acids is 2. The first-order valence-electron chi connectivity index (χ1n) is 23.1. The largest absolute Gasteiger partial charge is 0.493 e. The molecular weight excluding hydrogens is 937 g/mol. The second-order valence-electron chi connectivity index (χ2n) is 14.2. The van der Waals surface area contributed by atoms with Gasteiger partial charge >= 0.3 is 0 Å². The molecule has 0 bridgehead atoms. The van der Waals surface area contributed by atoms with Gasteiger partial charge in [-0.15, -0.1) is 0 Å². The number of nitrogens with one attached hydrogen (secondary N) is 2. The van der Waals surface area contributed by atoms with E-state index in [0.717, 1.165) is 116 Å². The number of likely N-dealkylation sites (N-methyl/N-ethyl adjacent to an activating group) is 2. The van der Waals surface area contributed by atoms with Crippen LogP contribution in [0, 0.1) is 0 Å². The van der Waals surface area contributed by atoms with E-state index in [0.29, 0.717) is 40.0 Å². The van der Waals surface area contributed by atoms with Crippen LogP contribution in [0.4, 0.5) is 22.3 Å². The molecule has 0 fully saturated rings. The number of carbonyl (C=O) groups is 2. The molecule has 0 spiro atoms. The van der Waals surface area contributed by atoms with Gasteiger partial charge in [-0.2, -0.15) is 12.6 Å². The molecule has 12 nitrogen and oxygen atoms in total. The average Bonchev–Trinajstić information content (AvgIpc) is 4.14. The van der Waals surface area contributed by atoms with Crippen LogP contribution in [0.1, 0.15) is 92.1 Å². The third kappa shape index (κ3) is 17.8. The number of hydrogen-bond donors (Lipinski definition) is 4. The number of fused-ring (bicyclic) bond motifs is 2. The fourth-order valence-electron chi connectivity index (χ4n) is 6.63. The molecule has 0 amide bonds. The number of aromatic nitrogens is 1. The standard InChI is InChI=1S/C24H28N4O3S.C13H22N2OS.C10H9BrO2.2C2H6/c1-3-28(4-2)12-14-30-19-8-6-18(7-9-19)26-24-27-23(25)22(32-24)21(29)17-5-10-20-16(15-17)11-13-31-20;1-3-15(4-2)9-10-16-13-7-5-12(6-8-13)14-11-17;11-6-9(12)7-1-2-10-8(5-7)3-4-13-10;2*1-2/h5-10,15H,3-4,11-14,25H2,1-2H3,(H,26,27);5-8,14,17H,3-4,9-11H2,1-2H3;1-2,5H,3-4,6H2;2*1-2H3. The van der Waals surface area contributed by atoms with E-state index in [4.69, 9.17) is 24.7 Å². The predicted molar refractivity (Wildman–Crippen MR) is 282 cm³/mol. The number of alkyl halides is 1. The van der Waals surface area contributed by atoms with Crippen LogP contribution in [0.25, 0.3) is 0 Å². The van der Waals surface area contributed by atoms with Crippen LogP contribution in [0.2, 0.25) is 0 Å². The summed E-state index contributed by atoms with van der Waals surface area (Å²) in [5.41, 5.74) is 11.5. The highest BCUT2D eigenvalue weighted by Crippen LogP contribution is 2.33. The fourth-order valence-corrected chi connectivity index (χ4v) is 8.00. The Hall–Kier alpha value is -4.80. The number of ketones is 2. The zero-order valence-electron chi connectivity index (χ0n) is 40.1. The summed E-state index contributed by atoms with van der Waals surface area (Å²) in [6.07, 6.45) is 1.73. The van der Waals surface area contributed by atoms with Crippen molar-refractivity contribution in [2.75, 3.05) is 93.3 Å². The van der Waals surface area contributed by atoms with Crippen molar-refractivity contribution in [2.45, 2.75) is 68.2 Å². The first kappa shape index (κ1) is 55.5. The van der Waals surface area contributed by atoms with Crippen LogP contribution in [0.5, 0.6) is 23.0 Å². The monoisotopic (exact) mass is 1010 g/mol. The Labute approximate surface area is 411 Å². The SMILES string of the molecule is CC.CC.CCN(CC)CCOc1ccc(NCS)cc1.CCN(CC)CCOc1ccc(Nc2nc(N)c(C(=O)c3ccc4c(c3)CCO4)s2)cc1.O=C(CBr)c1ccc2c(c1)CCO2.